The molecule has 1 aliphatic carbocycles. The number of epoxide rings is 1. The largest absolute Gasteiger partial charge is 0.466 e. The van der Waals surface area contributed by atoms with Gasteiger partial charge in [0.15, 0.2) is 0 Å². The van der Waals surface area contributed by atoms with Gasteiger partial charge in [0.05, 0.1) is 30.8 Å². The van der Waals surface area contributed by atoms with E-state index in [9.17, 15) is 19.5 Å². The summed E-state index contributed by atoms with van der Waals surface area (Å²) in [6, 6.07) is 0. The van der Waals surface area contributed by atoms with Crippen molar-refractivity contribution in [2.24, 2.45) is 5.92 Å². The second kappa shape index (κ2) is 8.12. The van der Waals surface area contributed by atoms with Gasteiger partial charge in [-0.15, -0.1) is 0 Å². The Kier molecular flexibility index (Phi) is 5.95. The van der Waals surface area contributed by atoms with Crippen molar-refractivity contribution < 1.29 is 38.4 Å². The SMILES string of the molecule is C=C1C(=O)OC2CC3(CCC=C(C(=O)OC)C(O)C(OC(=O)C(C)=CC)C12)CO3. The predicted octanol–water partition coefficient (Wildman–Crippen LogP) is 1.38. The van der Waals surface area contributed by atoms with Crippen LogP contribution in [0.15, 0.2) is 35.5 Å². The number of aliphatic hydroxyl groups is 1. The van der Waals surface area contributed by atoms with E-state index in [1.165, 1.54) is 7.11 Å². The Hall–Kier alpha value is -2.45. The number of carbonyl (C=O) groups is 3. The van der Waals surface area contributed by atoms with E-state index in [1.807, 2.05) is 0 Å². The lowest BCUT2D eigenvalue weighted by Gasteiger charge is -2.33. The highest BCUT2D eigenvalue weighted by Gasteiger charge is 2.55. The number of allylic oxidation sites excluding steroid dienone is 2. The zero-order chi connectivity index (χ0) is 21.3. The molecule has 3 aliphatic rings. The minimum atomic E-state index is -1.51. The first-order valence-corrected chi connectivity index (χ1v) is 9.57. The molecule has 0 radical (unpaired) electrons. The van der Waals surface area contributed by atoms with Crippen molar-refractivity contribution in [3.63, 3.8) is 0 Å². The summed E-state index contributed by atoms with van der Waals surface area (Å²) in [5, 5.41) is 11.0. The Bertz CT molecular complexity index is 789. The average Bonchev–Trinajstić information content (AvgIpc) is 3.41. The van der Waals surface area contributed by atoms with Crippen molar-refractivity contribution in [1.29, 1.82) is 0 Å². The van der Waals surface area contributed by atoms with E-state index in [1.54, 1.807) is 26.0 Å². The smallest absolute Gasteiger partial charge is 0.336 e. The van der Waals surface area contributed by atoms with Crippen LogP contribution in [0.5, 0.6) is 0 Å². The minimum absolute atomic E-state index is 0.0352. The van der Waals surface area contributed by atoms with E-state index in [-0.39, 0.29) is 11.1 Å². The van der Waals surface area contributed by atoms with Crippen LogP contribution in [0, 0.1) is 5.92 Å². The van der Waals surface area contributed by atoms with Gasteiger partial charge in [-0.3, -0.25) is 0 Å². The molecule has 1 spiro atoms. The monoisotopic (exact) mass is 406 g/mol. The highest BCUT2D eigenvalue weighted by atomic mass is 16.6. The van der Waals surface area contributed by atoms with Crippen LogP contribution < -0.4 is 0 Å². The van der Waals surface area contributed by atoms with Gasteiger partial charge in [0.25, 0.3) is 0 Å². The van der Waals surface area contributed by atoms with E-state index in [2.05, 4.69) is 6.58 Å². The third-order valence-corrected chi connectivity index (χ3v) is 5.82. The van der Waals surface area contributed by atoms with E-state index >= 15 is 0 Å². The Balaban J connectivity index is 2.05. The molecule has 0 bridgehead atoms. The molecule has 1 N–H and O–H groups in total. The molecule has 0 aromatic rings. The fourth-order valence-corrected chi connectivity index (χ4v) is 3.84. The molecule has 5 unspecified atom stereocenters. The third kappa shape index (κ3) is 4.13. The molecule has 158 valence electrons. The number of carbonyl (C=O) groups excluding carboxylic acids is 3. The third-order valence-electron chi connectivity index (χ3n) is 5.82. The van der Waals surface area contributed by atoms with E-state index in [0.29, 0.717) is 31.4 Å². The Morgan fingerprint density at radius 1 is 1.41 bits per heavy atom. The van der Waals surface area contributed by atoms with Gasteiger partial charge < -0.3 is 24.1 Å². The quantitative estimate of drug-likeness (QED) is 0.324. The number of aliphatic hydroxyl groups excluding tert-OH is 1. The van der Waals surface area contributed by atoms with Gasteiger partial charge in [-0.1, -0.05) is 18.7 Å². The van der Waals surface area contributed by atoms with Gasteiger partial charge in [-0.25, -0.2) is 14.4 Å². The minimum Gasteiger partial charge on any atom is -0.466 e. The lowest BCUT2D eigenvalue weighted by molar-refractivity contribution is -0.157. The fourth-order valence-electron chi connectivity index (χ4n) is 3.84. The van der Waals surface area contributed by atoms with Gasteiger partial charge in [0.2, 0.25) is 0 Å². The molecule has 2 heterocycles. The number of fused-ring (bicyclic) bond motifs is 1. The normalized spacial score (nSPS) is 34.8. The molecule has 2 fully saturated rings. The maximum absolute atomic E-state index is 12.5. The van der Waals surface area contributed by atoms with E-state index in [0.717, 1.165) is 0 Å². The first-order valence-electron chi connectivity index (χ1n) is 9.57. The predicted molar refractivity (Wildman–Crippen MR) is 100 cm³/mol. The highest BCUT2D eigenvalue weighted by molar-refractivity contribution is 5.93. The van der Waals surface area contributed by atoms with Gasteiger partial charge >= 0.3 is 17.9 Å². The lowest BCUT2D eigenvalue weighted by Crippen LogP contribution is -2.45. The lowest BCUT2D eigenvalue weighted by atomic mass is 9.80. The zero-order valence-corrected chi connectivity index (χ0v) is 16.8. The molecule has 8 nitrogen and oxygen atoms in total. The molecular formula is C21H26O8. The van der Waals surface area contributed by atoms with Crippen molar-refractivity contribution in [2.75, 3.05) is 13.7 Å². The molecule has 3 rings (SSSR count). The van der Waals surface area contributed by atoms with Gasteiger partial charge in [0, 0.05) is 17.6 Å². The van der Waals surface area contributed by atoms with E-state index < -0.39 is 47.7 Å². The number of hydrogen-bond acceptors (Lipinski definition) is 8. The van der Waals surface area contributed by atoms with Crippen molar-refractivity contribution in [3.05, 3.63) is 35.5 Å². The van der Waals surface area contributed by atoms with Crippen LogP contribution in [0.1, 0.15) is 33.1 Å². The standard InChI is InChI=1S/C21H26O8/c1-5-11(2)18(23)29-17-15-12(3)19(24)28-14(15)9-21(10-27-21)8-6-7-13(16(17)22)20(25)26-4/h5,7,14-17,22H,3,6,8-10H2,1-2,4H3. The van der Waals surface area contributed by atoms with Crippen molar-refractivity contribution >= 4 is 17.9 Å². The Labute approximate surface area is 169 Å². The molecule has 0 aromatic carbocycles. The molecule has 5 atom stereocenters. The summed E-state index contributed by atoms with van der Waals surface area (Å²) in [6.07, 6.45) is 1.13. The maximum atomic E-state index is 12.5. The van der Waals surface area contributed by atoms with E-state index in [4.69, 9.17) is 18.9 Å². The van der Waals surface area contributed by atoms with Crippen molar-refractivity contribution in [1.82, 2.24) is 0 Å². The summed E-state index contributed by atoms with van der Waals surface area (Å²) in [5.74, 6) is -2.84. The molecule has 2 saturated heterocycles. The Morgan fingerprint density at radius 2 is 2.10 bits per heavy atom. The molecule has 0 amide bonds. The van der Waals surface area contributed by atoms with Crippen LogP contribution in [-0.2, 0) is 33.3 Å². The van der Waals surface area contributed by atoms with Crippen LogP contribution in [0.2, 0.25) is 0 Å². The fraction of sp³-hybridized carbons (Fsp3) is 0.571. The highest BCUT2D eigenvalue weighted by Crippen LogP contribution is 2.45. The molecule has 2 aliphatic heterocycles. The topological polar surface area (TPSA) is 112 Å². The number of methoxy groups -OCH3 is 1. The van der Waals surface area contributed by atoms with Crippen LogP contribution in [0.4, 0.5) is 0 Å². The summed E-state index contributed by atoms with van der Waals surface area (Å²) in [7, 11) is 1.20. The van der Waals surface area contributed by atoms with Gasteiger partial charge in [0.1, 0.15) is 18.3 Å². The first-order chi connectivity index (χ1) is 13.7. The second-order valence-corrected chi connectivity index (χ2v) is 7.65. The zero-order valence-electron chi connectivity index (χ0n) is 16.8. The van der Waals surface area contributed by atoms with Crippen LogP contribution in [0.25, 0.3) is 0 Å². The molecule has 8 heteroatoms. The molecule has 29 heavy (non-hydrogen) atoms. The first kappa shape index (κ1) is 21.3. The van der Waals surface area contributed by atoms with Crippen LogP contribution >= 0.6 is 0 Å². The Morgan fingerprint density at radius 3 is 2.69 bits per heavy atom. The maximum Gasteiger partial charge on any atom is 0.336 e. The second-order valence-electron chi connectivity index (χ2n) is 7.65. The molecule has 0 aromatic heterocycles. The number of rotatable bonds is 3. The number of ether oxygens (including phenoxy) is 4. The average molecular weight is 406 g/mol. The summed E-state index contributed by atoms with van der Waals surface area (Å²) < 4.78 is 21.5. The molecule has 0 saturated carbocycles. The summed E-state index contributed by atoms with van der Waals surface area (Å²) in [6.45, 7) is 7.55. The summed E-state index contributed by atoms with van der Waals surface area (Å²) in [4.78, 5) is 37.1. The number of esters is 3. The molecular weight excluding hydrogens is 380 g/mol. The number of hydrogen-bond donors (Lipinski definition) is 1. The summed E-state index contributed by atoms with van der Waals surface area (Å²) >= 11 is 0. The van der Waals surface area contributed by atoms with Gasteiger partial charge in [-0.2, -0.15) is 0 Å². The summed E-state index contributed by atoms with van der Waals surface area (Å²) in [5.41, 5.74) is -0.0911. The van der Waals surface area contributed by atoms with Crippen LogP contribution in [0.3, 0.4) is 0 Å². The van der Waals surface area contributed by atoms with Crippen molar-refractivity contribution in [3.8, 4) is 0 Å². The van der Waals surface area contributed by atoms with Crippen LogP contribution in [-0.4, -0.2) is 60.6 Å². The van der Waals surface area contributed by atoms with Crippen molar-refractivity contribution in [2.45, 2.75) is 57.0 Å². The van der Waals surface area contributed by atoms with Gasteiger partial charge in [-0.05, 0) is 26.7 Å².